The summed E-state index contributed by atoms with van der Waals surface area (Å²) in [5, 5.41) is 0.997. The smallest absolute Gasteiger partial charge is 0.336 e. The second-order valence-electron chi connectivity index (χ2n) is 2.60. The molecule has 0 saturated carbocycles. The van der Waals surface area contributed by atoms with Crippen LogP contribution in [-0.4, -0.2) is 0 Å². The van der Waals surface area contributed by atoms with Gasteiger partial charge in [-0.05, 0) is 32.4 Å². The summed E-state index contributed by atoms with van der Waals surface area (Å²) >= 11 is 0. The molecule has 12 heavy (non-hydrogen) atoms. The molecule has 1 heterocycles. The highest BCUT2D eigenvalue weighted by Crippen LogP contribution is 1.77. The average molecular weight is 164 g/mol. The zero-order valence-corrected chi connectivity index (χ0v) is 7.55. The van der Waals surface area contributed by atoms with E-state index in [1.807, 2.05) is 26.8 Å². The molecule has 0 atom stereocenters. The quantitative estimate of drug-likeness (QED) is 0.560. The molecule has 0 spiro atoms. The summed E-state index contributed by atoms with van der Waals surface area (Å²) in [5.74, 6) is 0. The summed E-state index contributed by atoms with van der Waals surface area (Å²) in [7, 11) is 0. The van der Waals surface area contributed by atoms with Crippen molar-refractivity contribution in [2.75, 3.05) is 0 Å². The Hall–Kier alpha value is -1.31. The Morgan fingerprint density at radius 1 is 1.33 bits per heavy atom. The molecule has 0 radical (unpaired) electrons. The molecule has 0 fully saturated rings. The predicted molar refractivity (Wildman–Crippen MR) is 49.2 cm³/mol. The topological polar surface area (TPSA) is 30.2 Å². The summed E-state index contributed by atoms with van der Waals surface area (Å²) in [5.41, 5.74) is 1.33. The fraction of sp³-hybridized carbons (Fsp3) is 0.300. The lowest BCUT2D eigenvalue weighted by atomic mass is 10.2. The van der Waals surface area contributed by atoms with Gasteiger partial charge in [-0.2, -0.15) is 0 Å². The number of hydrogen-bond donors (Lipinski definition) is 0. The maximum absolute atomic E-state index is 10.9. The molecule has 0 bridgehead atoms. The maximum Gasteiger partial charge on any atom is 0.336 e. The molecule has 2 nitrogen and oxygen atoms in total. The van der Waals surface area contributed by atoms with E-state index in [4.69, 9.17) is 4.42 Å². The van der Waals surface area contributed by atoms with Crippen molar-refractivity contribution in [1.29, 1.82) is 0 Å². The molecule has 1 rings (SSSR count). The highest BCUT2D eigenvalue weighted by molar-refractivity contribution is 5.28. The van der Waals surface area contributed by atoms with E-state index in [0.717, 1.165) is 10.8 Å². The van der Waals surface area contributed by atoms with Crippen molar-refractivity contribution >= 4 is 12.2 Å². The molecule has 1 aromatic heterocycles. The van der Waals surface area contributed by atoms with E-state index in [-0.39, 0.29) is 5.63 Å². The van der Waals surface area contributed by atoms with Gasteiger partial charge in [-0.1, -0.05) is 6.08 Å². The molecule has 0 aliphatic heterocycles. The molecule has 0 unspecified atom stereocenters. The van der Waals surface area contributed by atoms with Gasteiger partial charge in [0.15, 0.2) is 0 Å². The Morgan fingerprint density at radius 2 is 2.00 bits per heavy atom. The van der Waals surface area contributed by atoms with Crippen LogP contribution in [0.2, 0.25) is 0 Å². The van der Waals surface area contributed by atoms with Crippen LogP contribution in [0.3, 0.4) is 0 Å². The Bertz CT molecular complexity index is 438. The normalized spacial score (nSPS) is 13.9. The van der Waals surface area contributed by atoms with Crippen LogP contribution in [0.5, 0.6) is 0 Å². The number of hydrogen-bond acceptors (Lipinski definition) is 2. The van der Waals surface area contributed by atoms with Crippen LogP contribution in [0, 0.1) is 6.92 Å². The van der Waals surface area contributed by atoms with Crippen LogP contribution >= 0.6 is 0 Å². The van der Waals surface area contributed by atoms with Gasteiger partial charge in [0.1, 0.15) is 5.42 Å². The fourth-order valence-corrected chi connectivity index (χ4v) is 1.23. The highest BCUT2D eigenvalue weighted by Gasteiger charge is 1.93. The van der Waals surface area contributed by atoms with Gasteiger partial charge in [0.05, 0.1) is 0 Å². The maximum atomic E-state index is 10.9. The lowest BCUT2D eigenvalue weighted by Crippen LogP contribution is -2.30. The third kappa shape index (κ3) is 1.47. The Balaban J connectivity index is 3.82. The molecule has 0 N–H and O–H groups in total. The van der Waals surface area contributed by atoms with Crippen LogP contribution in [0.25, 0.3) is 12.2 Å². The van der Waals surface area contributed by atoms with Gasteiger partial charge in [0.2, 0.25) is 0 Å². The van der Waals surface area contributed by atoms with Gasteiger partial charge < -0.3 is 4.42 Å². The minimum Gasteiger partial charge on any atom is -0.423 e. The van der Waals surface area contributed by atoms with Crippen molar-refractivity contribution in [3.05, 3.63) is 32.7 Å². The standard InChI is InChI=1S/C10H12O2/c1-4-8-7(3)6-10(11)12-9(8)5-2/h4-6H,1-3H3. The van der Waals surface area contributed by atoms with Crippen molar-refractivity contribution in [1.82, 2.24) is 0 Å². The van der Waals surface area contributed by atoms with Crippen molar-refractivity contribution in [3.8, 4) is 0 Å². The Morgan fingerprint density at radius 3 is 2.50 bits per heavy atom. The van der Waals surface area contributed by atoms with E-state index < -0.39 is 0 Å². The predicted octanol–water partition coefficient (Wildman–Crippen LogP) is 0.549. The van der Waals surface area contributed by atoms with Gasteiger partial charge in [-0.3, -0.25) is 0 Å². The zero-order chi connectivity index (χ0) is 9.14. The van der Waals surface area contributed by atoms with Crippen LogP contribution < -0.4 is 16.3 Å². The van der Waals surface area contributed by atoms with Gasteiger partial charge >= 0.3 is 5.63 Å². The molecule has 0 aliphatic carbocycles. The summed E-state index contributed by atoms with van der Waals surface area (Å²) in [6, 6.07) is 1.50. The van der Waals surface area contributed by atoms with Gasteiger partial charge in [0, 0.05) is 11.3 Å². The fourth-order valence-electron chi connectivity index (χ4n) is 1.23. The third-order valence-corrected chi connectivity index (χ3v) is 1.79. The number of aryl methyl sites for hydroxylation is 1. The van der Waals surface area contributed by atoms with E-state index in [9.17, 15) is 4.79 Å². The van der Waals surface area contributed by atoms with Gasteiger partial charge in [0.25, 0.3) is 0 Å². The van der Waals surface area contributed by atoms with E-state index in [2.05, 4.69) is 0 Å². The lowest BCUT2D eigenvalue weighted by Gasteiger charge is -1.92. The highest BCUT2D eigenvalue weighted by atomic mass is 16.4. The van der Waals surface area contributed by atoms with Crippen LogP contribution in [0.1, 0.15) is 19.4 Å². The Kier molecular flexibility index (Phi) is 2.48. The molecular formula is C10H12O2. The monoisotopic (exact) mass is 164 g/mol. The van der Waals surface area contributed by atoms with Gasteiger partial charge in [-0.15, -0.1) is 0 Å². The number of rotatable bonds is 0. The summed E-state index contributed by atoms with van der Waals surface area (Å²) < 4.78 is 4.99. The van der Waals surface area contributed by atoms with Gasteiger partial charge in [-0.25, -0.2) is 4.79 Å². The van der Waals surface area contributed by atoms with Crippen LogP contribution in [-0.2, 0) is 0 Å². The summed E-state index contributed by atoms with van der Waals surface area (Å²) in [4.78, 5) is 10.9. The molecular weight excluding hydrogens is 152 g/mol. The van der Waals surface area contributed by atoms with Crippen LogP contribution in [0.15, 0.2) is 15.3 Å². The van der Waals surface area contributed by atoms with E-state index in [0.29, 0.717) is 5.42 Å². The van der Waals surface area contributed by atoms with Crippen LogP contribution in [0.4, 0.5) is 0 Å². The molecule has 0 aliphatic rings. The minimum atomic E-state index is -0.286. The molecule has 64 valence electrons. The zero-order valence-electron chi connectivity index (χ0n) is 7.55. The molecule has 1 aromatic rings. The molecule has 0 amide bonds. The largest absolute Gasteiger partial charge is 0.423 e. The third-order valence-electron chi connectivity index (χ3n) is 1.79. The molecule has 0 saturated heterocycles. The molecule has 2 heteroatoms. The summed E-state index contributed by atoms with van der Waals surface area (Å²) in [6.45, 7) is 5.68. The van der Waals surface area contributed by atoms with E-state index in [1.165, 1.54) is 6.07 Å². The lowest BCUT2D eigenvalue weighted by molar-refractivity contribution is 0.471. The van der Waals surface area contributed by atoms with Crippen molar-refractivity contribution in [2.45, 2.75) is 20.8 Å². The first-order valence-corrected chi connectivity index (χ1v) is 3.92. The second-order valence-corrected chi connectivity index (χ2v) is 2.60. The minimum absolute atomic E-state index is 0.286. The Labute approximate surface area is 70.8 Å². The first-order chi connectivity index (χ1) is 5.69. The molecule has 0 aromatic carbocycles. The van der Waals surface area contributed by atoms with Crippen molar-refractivity contribution in [3.63, 3.8) is 0 Å². The first kappa shape index (κ1) is 8.78. The summed E-state index contributed by atoms with van der Waals surface area (Å²) in [6.07, 6.45) is 3.73. The average Bonchev–Trinajstić information content (AvgIpc) is 2.03. The SMILES string of the molecule is CC=c1oc(=O)cc(C)c1=CC. The van der Waals surface area contributed by atoms with Crippen molar-refractivity contribution < 1.29 is 4.42 Å². The van der Waals surface area contributed by atoms with E-state index >= 15 is 0 Å². The first-order valence-electron chi connectivity index (χ1n) is 3.92. The van der Waals surface area contributed by atoms with Crippen molar-refractivity contribution in [2.24, 2.45) is 0 Å². The van der Waals surface area contributed by atoms with E-state index in [1.54, 1.807) is 6.08 Å². The second kappa shape index (κ2) is 3.39.